The Morgan fingerprint density at radius 3 is 2.29 bits per heavy atom. The highest BCUT2D eigenvalue weighted by atomic mass is 32.2. The van der Waals surface area contributed by atoms with E-state index in [2.05, 4.69) is 10.3 Å². The van der Waals surface area contributed by atoms with Crippen molar-refractivity contribution in [3.63, 3.8) is 0 Å². The van der Waals surface area contributed by atoms with Crippen LogP contribution in [0.15, 0.2) is 47.4 Å². The molecule has 2 fully saturated rings. The fraction of sp³-hybridized carbons (Fsp3) is 0.304. The highest BCUT2D eigenvalue weighted by Gasteiger charge is 2.30. The zero-order valence-electron chi connectivity index (χ0n) is 18.2. The Kier molecular flexibility index (Phi) is 5.92. The molecule has 2 aromatic carbocycles. The van der Waals surface area contributed by atoms with Gasteiger partial charge in [-0.2, -0.15) is 4.31 Å². The first-order chi connectivity index (χ1) is 16.3. The third-order valence-corrected chi connectivity index (χ3v) is 8.80. The second-order valence-electron chi connectivity index (χ2n) is 8.24. The van der Waals surface area contributed by atoms with E-state index in [9.17, 15) is 22.8 Å². The number of piperidine rings is 1. The summed E-state index contributed by atoms with van der Waals surface area (Å²) in [5.41, 5.74) is 1.38. The minimum atomic E-state index is -3.56. The third kappa shape index (κ3) is 4.22. The first-order valence-electron chi connectivity index (χ1n) is 11.0. The first-order valence-corrected chi connectivity index (χ1v) is 13.3. The SMILES string of the molecule is O=C(Nc1nc2ccc(S(=O)(=O)N3CCCCC3)cc2s1)c1ccc(N2C(=O)CCC2=O)cc1. The van der Waals surface area contributed by atoms with Gasteiger partial charge in [0.1, 0.15) is 0 Å². The van der Waals surface area contributed by atoms with Crippen LogP contribution in [0.25, 0.3) is 10.2 Å². The summed E-state index contributed by atoms with van der Waals surface area (Å²) in [6.07, 6.45) is 3.16. The Morgan fingerprint density at radius 2 is 1.62 bits per heavy atom. The average Bonchev–Trinajstić information content (AvgIpc) is 3.40. The summed E-state index contributed by atoms with van der Waals surface area (Å²) in [7, 11) is -3.56. The Bertz CT molecular complexity index is 1380. The molecule has 1 aromatic heterocycles. The number of fused-ring (bicyclic) bond motifs is 1. The molecule has 1 N–H and O–H groups in total. The smallest absolute Gasteiger partial charge is 0.257 e. The largest absolute Gasteiger partial charge is 0.298 e. The molecule has 9 nitrogen and oxygen atoms in total. The van der Waals surface area contributed by atoms with Crippen molar-refractivity contribution < 1.29 is 22.8 Å². The lowest BCUT2D eigenvalue weighted by atomic mass is 10.2. The Balaban J connectivity index is 1.32. The van der Waals surface area contributed by atoms with Crippen molar-refractivity contribution in [1.82, 2.24) is 9.29 Å². The summed E-state index contributed by atoms with van der Waals surface area (Å²) in [5.74, 6) is -0.900. The lowest BCUT2D eigenvalue weighted by molar-refractivity contribution is -0.121. The third-order valence-electron chi connectivity index (χ3n) is 5.97. The molecular formula is C23H22N4O5S2. The fourth-order valence-corrected chi connectivity index (χ4v) is 6.69. The number of nitrogens with one attached hydrogen (secondary N) is 1. The summed E-state index contributed by atoms with van der Waals surface area (Å²) in [5, 5.41) is 3.09. The number of benzene rings is 2. The van der Waals surface area contributed by atoms with Gasteiger partial charge in [-0.15, -0.1) is 0 Å². The number of hydrogen-bond acceptors (Lipinski definition) is 7. The number of imide groups is 1. The summed E-state index contributed by atoms with van der Waals surface area (Å²) in [6.45, 7) is 1.06. The van der Waals surface area contributed by atoms with E-state index in [1.54, 1.807) is 42.5 Å². The highest BCUT2D eigenvalue weighted by molar-refractivity contribution is 7.89. The number of carbonyl (C=O) groups is 3. The van der Waals surface area contributed by atoms with Gasteiger partial charge in [-0.1, -0.05) is 17.8 Å². The maximum absolute atomic E-state index is 13.0. The van der Waals surface area contributed by atoms with Crippen LogP contribution in [0.5, 0.6) is 0 Å². The molecule has 3 aromatic rings. The monoisotopic (exact) mass is 498 g/mol. The second-order valence-corrected chi connectivity index (χ2v) is 11.2. The van der Waals surface area contributed by atoms with Crippen molar-refractivity contribution in [3.05, 3.63) is 48.0 Å². The molecule has 2 aliphatic rings. The lowest BCUT2D eigenvalue weighted by Gasteiger charge is -2.25. The highest BCUT2D eigenvalue weighted by Crippen LogP contribution is 2.30. The lowest BCUT2D eigenvalue weighted by Crippen LogP contribution is -2.35. The molecule has 176 valence electrons. The molecule has 5 rings (SSSR count). The molecule has 3 heterocycles. The second kappa shape index (κ2) is 8.90. The van der Waals surface area contributed by atoms with Gasteiger partial charge in [-0.3, -0.25) is 24.6 Å². The van der Waals surface area contributed by atoms with E-state index in [1.165, 1.54) is 15.6 Å². The molecule has 0 bridgehead atoms. The Morgan fingerprint density at radius 1 is 0.941 bits per heavy atom. The van der Waals surface area contributed by atoms with Gasteiger partial charge in [-0.05, 0) is 55.3 Å². The van der Waals surface area contributed by atoms with Crippen LogP contribution in [0.3, 0.4) is 0 Å². The summed E-state index contributed by atoms with van der Waals surface area (Å²) >= 11 is 1.20. The molecule has 11 heteroatoms. The van der Waals surface area contributed by atoms with Gasteiger partial charge >= 0.3 is 0 Å². The number of thiazole rings is 1. The number of nitrogens with zero attached hydrogens (tertiary/aromatic N) is 3. The van der Waals surface area contributed by atoms with Crippen LogP contribution in [0, 0.1) is 0 Å². The maximum Gasteiger partial charge on any atom is 0.257 e. The number of carbonyl (C=O) groups excluding carboxylic acids is 3. The zero-order valence-corrected chi connectivity index (χ0v) is 19.8. The van der Waals surface area contributed by atoms with Gasteiger partial charge in [0.25, 0.3) is 5.91 Å². The van der Waals surface area contributed by atoms with E-state index in [4.69, 9.17) is 0 Å². The van der Waals surface area contributed by atoms with E-state index in [0.717, 1.165) is 24.2 Å². The Labute approximate surface area is 200 Å². The van der Waals surface area contributed by atoms with Gasteiger partial charge in [0.05, 0.1) is 20.8 Å². The predicted octanol–water partition coefficient (Wildman–Crippen LogP) is 3.38. The van der Waals surface area contributed by atoms with Crippen molar-refractivity contribution in [2.45, 2.75) is 37.0 Å². The number of sulfonamides is 1. The molecular weight excluding hydrogens is 476 g/mol. The van der Waals surface area contributed by atoms with E-state index >= 15 is 0 Å². The van der Waals surface area contributed by atoms with Crippen molar-refractivity contribution >= 4 is 60.1 Å². The van der Waals surface area contributed by atoms with Gasteiger partial charge in [0.15, 0.2) is 5.13 Å². The molecule has 0 radical (unpaired) electrons. The van der Waals surface area contributed by atoms with E-state index in [-0.39, 0.29) is 29.6 Å². The topological polar surface area (TPSA) is 117 Å². The van der Waals surface area contributed by atoms with Crippen LogP contribution in [0.2, 0.25) is 0 Å². The van der Waals surface area contributed by atoms with E-state index in [0.29, 0.717) is 39.7 Å². The minimum absolute atomic E-state index is 0.194. The standard InChI is InChI=1S/C23H22N4O5S2/c28-20-10-11-21(29)27(20)16-6-4-15(5-7-16)22(30)25-23-24-18-9-8-17(14-19(18)33-23)34(31,32)26-12-2-1-3-13-26/h4-9,14H,1-3,10-13H2,(H,24,25,30). The molecule has 34 heavy (non-hydrogen) atoms. The summed E-state index contributed by atoms with van der Waals surface area (Å²) < 4.78 is 28.1. The molecule has 0 saturated carbocycles. The van der Waals surface area contributed by atoms with Gasteiger partial charge in [0.2, 0.25) is 21.8 Å². The van der Waals surface area contributed by atoms with Crippen molar-refractivity contribution in [1.29, 1.82) is 0 Å². The average molecular weight is 499 g/mol. The first kappa shape index (κ1) is 22.6. The number of aromatic nitrogens is 1. The Hall–Kier alpha value is -3.15. The normalized spacial score (nSPS) is 17.5. The van der Waals surface area contributed by atoms with Crippen LogP contribution in [-0.2, 0) is 19.6 Å². The van der Waals surface area contributed by atoms with Crippen molar-refractivity contribution in [2.75, 3.05) is 23.3 Å². The van der Waals surface area contributed by atoms with Gasteiger partial charge < -0.3 is 0 Å². The molecule has 0 atom stereocenters. The van der Waals surface area contributed by atoms with Gasteiger partial charge in [0, 0.05) is 31.5 Å². The zero-order chi connectivity index (χ0) is 23.9. The fourth-order valence-electron chi connectivity index (χ4n) is 4.17. The number of amides is 3. The van der Waals surface area contributed by atoms with Crippen LogP contribution in [-0.4, -0.2) is 48.5 Å². The molecule has 2 saturated heterocycles. The minimum Gasteiger partial charge on any atom is -0.298 e. The summed E-state index contributed by atoms with van der Waals surface area (Å²) in [4.78, 5) is 42.2. The van der Waals surface area contributed by atoms with Gasteiger partial charge in [-0.25, -0.2) is 13.4 Å². The van der Waals surface area contributed by atoms with Crippen molar-refractivity contribution in [2.24, 2.45) is 0 Å². The van der Waals surface area contributed by atoms with E-state index < -0.39 is 15.9 Å². The molecule has 0 aliphatic carbocycles. The quantitative estimate of drug-likeness (QED) is 0.539. The number of rotatable bonds is 5. The number of anilines is 2. The summed E-state index contributed by atoms with van der Waals surface area (Å²) in [6, 6.07) is 11.0. The van der Waals surface area contributed by atoms with Crippen LogP contribution in [0.4, 0.5) is 10.8 Å². The molecule has 0 spiro atoms. The van der Waals surface area contributed by atoms with Crippen LogP contribution in [0.1, 0.15) is 42.5 Å². The number of hydrogen-bond donors (Lipinski definition) is 1. The molecule has 0 unspecified atom stereocenters. The molecule has 2 aliphatic heterocycles. The van der Waals surface area contributed by atoms with Crippen LogP contribution >= 0.6 is 11.3 Å². The van der Waals surface area contributed by atoms with Crippen molar-refractivity contribution in [3.8, 4) is 0 Å². The molecule has 3 amide bonds. The van der Waals surface area contributed by atoms with Crippen LogP contribution < -0.4 is 10.2 Å². The van der Waals surface area contributed by atoms with E-state index in [1.807, 2.05) is 0 Å². The maximum atomic E-state index is 13.0. The predicted molar refractivity (Wildman–Crippen MR) is 128 cm³/mol.